The third-order valence-electron chi connectivity index (χ3n) is 4.00. The van der Waals surface area contributed by atoms with Crippen LogP contribution in [0.25, 0.3) is 0 Å². The van der Waals surface area contributed by atoms with Crippen molar-refractivity contribution < 1.29 is 9.72 Å². The number of nitrogens with two attached hydrogens (primary N) is 1. The Morgan fingerprint density at radius 1 is 1.62 bits per heavy atom. The van der Waals surface area contributed by atoms with E-state index in [1.807, 2.05) is 6.92 Å². The number of nitrogens with zero attached hydrogens (tertiary/aromatic N) is 3. The lowest BCUT2D eigenvalue weighted by Crippen LogP contribution is -2.45. The number of hydrogen-bond donors (Lipinski definition) is 1. The minimum atomic E-state index is -0.538. The minimum Gasteiger partial charge on any atom is -0.338 e. The molecule has 2 heterocycles. The summed E-state index contributed by atoms with van der Waals surface area (Å²) >= 11 is 0. The first kappa shape index (κ1) is 15.4. The van der Waals surface area contributed by atoms with E-state index in [2.05, 4.69) is 4.98 Å². The first-order chi connectivity index (χ1) is 9.90. The average molecular weight is 292 g/mol. The Bertz CT molecular complexity index is 559. The van der Waals surface area contributed by atoms with Gasteiger partial charge < -0.3 is 10.6 Å². The molecule has 2 atom stereocenters. The van der Waals surface area contributed by atoms with Crippen LogP contribution in [0.5, 0.6) is 0 Å². The first-order valence-electron chi connectivity index (χ1n) is 7.06. The second-order valence-electron chi connectivity index (χ2n) is 5.60. The zero-order chi connectivity index (χ0) is 15.6. The number of aryl methyl sites for hydroxylation is 1. The fraction of sp³-hybridized carbons (Fsp3) is 0.571. The summed E-state index contributed by atoms with van der Waals surface area (Å²) in [6, 6.07) is 1.34. The van der Waals surface area contributed by atoms with Gasteiger partial charge in [-0.25, -0.2) is 0 Å². The van der Waals surface area contributed by atoms with Gasteiger partial charge in [0.15, 0.2) is 0 Å². The molecule has 21 heavy (non-hydrogen) atoms. The van der Waals surface area contributed by atoms with Gasteiger partial charge in [0, 0.05) is 25.2 Å². The Morgan fingerprint density at radius 2 is 2.33 bits per heavy atom. The fourth-order valence-electron chi connectivity index (χ4n) is 2.63. The molecule has 1 aliphatic heterocycles. The quantitative estimate of drug-likeness (QED) is 0.671. The Hall–Kier alpha value is -2.02. The van der Waals surface area contributed by atoms with Crippen LogP contribution in [0, 0.1) is 23.0 Å². The highest BCUT2D eigenvalue weighted by Crippen LogP contribution is 2.22. The van der Waals surface area contributed by atoms with Crippen molar-refractivity contribution in [3.8, 4) is 0 Å². The molecule has 0 spiro atoms. The monoisotopic (exact) mass is 292 g/mol. The van der Waals surface area contributed by atoms with Gasteiger partial charge in [-0.1, -0.05) is 0 Å². The van der Waals surface area contributed by atoms with Crippen molar-refractivity contribution in [1.82, 2.24) is 9.88 Å². The number of carbonyl (C=O) groups excluding carboxylic acids is 1. The van der Waals surface area contributed by atoms with Crippen LogP contribution >= 0.6 is 0 Å². The smallest absolute Gasteiger partial charge is 0.288 e. The van der Waals surface area contributed by atoms with Crippen LogP contribution in [0.2, 0.25) is 0 Å². The van der Waals surface area contributed by atoms with Gasteiger partial charge in [-0.2, -0.15) is 0 Å². The predicted octanol–water partition coefficient (Wildman–Crippen LogP) is 1.50. The van der Waals surface area contributed by atoms with E-state index in [-0.39, 0.29) is 23.6 Å². The molecule has 1 aliphatic rings. The summed E-state index contributed by atoms with van der Waals surface area (Å²) in [6.07, 6.45) is 3.08. The lowest BCUT2D eigenvalue weighted by molar-refractivity contribution is -0.385. The van der Waals surface area contributed by atoms with Gasteiger partial charge in [-0.15, -0.1) is 0 Å². The number of hydrogen-bond acceptors (Lipinski definition) is 5. The van der Waals surface area contributed by atoms with Gasteiger partial charge >= 0.3 is 0 Å². The maximum absolute atomic E-state index is 12.6. The molecule has 0 radical (unpaired) electrons. The van der Waals surface area contributed by atoms with E-state index in [1.54, 1.807) is 11.8 Å². The summed E-state index contributed by atoms with van der Waals surface area (Å²) in [7, 11) is 0. The highest BCUT2D eigenvalue weighted by molar-refractivity contribution is 5.95. The van der Waals surface area contributed by atoms with E-state index in [0.717, 1.165) is 12.8 Å². The van der Waals surface area contributed by atoms with Gasteiger partial charge in [-0.05, 0) is 32.6 Å². The van der Waals surface area contributed by atoms with Crippen LogP contribution in [0.1, 0.15) is 35.8 Å². The topological polar surface area (TPSA) is 102 Å². The number of carbonyl (C=O) groups is 1. The van der Waals surface area contributed by atoms with Crippen molar-refractivity contribution in [1.29, 1.82) is 0 Å². The van der Waals surface area contributed by atoms with Gasteiger partial charge in [0.2, 0.25) is 0 Å². The maximum Gasteiger partial charge on any atom is 0.288 e. The SMILES string of the molecule is Cc1ncc([N+](=O)[O-])cc1C(=O)N1CCCC(C(C)N)C1. The second kappa shape index (κ2) is 6.17. The number of amides is 1. The zero-order valence-corrected chi connectivity index (χ0v) is 12.3. The Balaban J connectivity index is 2.23. The van der Waals surface area contributed by atoms with E-state index in [9.17, 15) is 14.9 Å². The molecule has 0 aromatic carbocycles. The van der Waals surface area contributed by atoms with Crippen LogP contribution < -0.4 is 5.73 Å². The van der Waals surface area contributed by atoms with Crippen LogP contribution in [0.15, 0.2) is 12.3 Å². The van der Waals surface area contributed by atoms with Crippen LogP contribution in [-0.2, 0) is 0 Å². The number of aromatic nitrogens is 1. The molecule has 2 rings (SSSR count). The summed E-state index contributed by atoms with van der Waals surface area (Å²) in [5, 5.41) is 10.8. The third-order valence-corrected chi connectivity index (χ3v) is 4.00. The number of piperidine rings is 1. The van der Waals surface area contributed by atoms with E-state index in [4.69, 9.17) is 5.73 Å². The van der Waals surface area contributed by atoms with Gasteiger partial charge in [-0.3, -0.25) is 19.9 Å². The molecule has 1 aromatic heterocycles. The molecule has 114 valence electrons. The molecule has 0 bridgehead atoms. The summed E-state index contributed by atoms with van der Waals surface area (Å²) < 4.78 is 0. The van der Waals surface area contributed by atoms with Crippen LogP contribution in [0.4, 0.5) is 5.69 Å². The van der Waals surface area contributed by atoms with Crippen LogP contribution in [-0.4, -0.2) is 39.8 Å². The molecule has 1 aromatic rings. The van der Waals surface area contributed by atoms with Crippen molar-refractivity contribution in [3.63, 3.8) is 0 Å². The predicted molar refractivity (Wildman–Crippen MR) is 77.9 cm³/mol. The summed E-state index contributed by atoms with van der Waals surface area (Å²) in [5.74, 6) is 0.0729. The third kappa shape index (κ3) is 3.36. The second-order valence-corrected chi connectivity index (χ2v) is 5.60. The molecule has 7 heteroatoms. The summed E-state index contributed by atoms with van der Waals surface area (Å²) in [4.78, 5) is 28.6. The van der Waals surface area contributed by atoms with E-state index in [0.29, 0.717) is 24.3 Å². The molecular weight excluding hydrogens is 272 g/mol. The molecular formula is C14H20N4O3. The molecule has 2 N–H and O–H groups in total. The highest BCUT2D eigenvalue weighted by atomic mass is 16.6. The highest BCUT2D eigenvalue weighted by Gasteiger charge is 2.28. The Morgan fingerprint density at radius 3 is 2.95 bits per heavy atom. The summed E-state index contributed by atoms with van der Waals surface area (Å²) in [6.45, 7) is 4.88. The molecule has 0 aliphatic carbocycles. The number of rotatable bonds is 3. The number of likely N-dealkylation sites (tertiary alicyclic amines) is 1. The van der Waals surface area contributed by atoms with Crippen LogP contribution in [0.3, 0.4) is 0 Å². The van der Waals surface area contributed by atoms with Crippen molar-refractivity contribution >= 4 is 11.6 Å². The number of nitro groups is 1. The molecule has 7 nitrogen and oxygen atoms in total. The van der Waals surface area contributed by atoms with E-state index >= 15 is 0 Å². The maximum atomic E-state index is 12.6. The van der Waals surface area contributed by atoms with Crippen molar-refractivity contribution in [2.45, 2.75) is 32.7 Å². The lowest BCUT2D eigenvalue weighted by atomic mass is 9.92. The van der Waals surface area contributed by atoms with E-state index in [1.165, 1.54) is 12.3 Å². The molecule has 1 amide bonds. The minimum absolute atomic E-state index is 0.0323. The Labute approximate surface area is 123 Å². The average Bonchev–Trinajstić information content (AvgIpc) is 2.47. The van der Waals surface area contributed by atoms with Crippen molar-refractivity contribution in [3.05, 3.63) is 33.6 Å². The standard InChI is InChI=1S/C14H20N4O3/c1-9(15)11-4-3-5-17(8-11)14(19)13-6-12(18(20)21)7-16-10(13)2/h6-7,9,11H,3-5,8,15H2,1-2H3. The van der Waals surface area contributed by atoms with Gasteiger partial charge in [0.25, 0.3) is 11.6 Å². The summed E-state index contributed by atoms with van der Waals surface area (Å²) in [5.41, 5.74) is 6.57. The molecule has 1 fully saturated rings. The van der Waals surface area contributed by atoms with Crippen molar-refractivity contribution in [2.75, 3.05) is 13.1 Å². The zero-order valence-electron chi connectivity index (χ0n) is 12.3. The Kier molecular flexibility index (Phi) is 4.52. The lowest BCUT2D eigenvalue weighted by Gasteiger charge is -2.34. The normalized spacial score (nSPS) is 20.1. The number of pyridine rings is 1. The fourth-order valence-corrected chi connectivity index (χ4v) is 2.63. The molecule has 0 saturated carbocycles. The largest absolute Gasteiger partial charge is 0.338 e. The molecule has 2 unspecified atom stereocenters. The van der Waals surface area contributed by atoms with E-state index < -0.39 is 4.92 Å². The van der Waals surface area contributed by atoms with Gasteiger partial charge in [0.1, 0.15) is 6.20 Å². The van der Waals surface area contributed by atoms with Crippen molar-refractivity contribution in [2.24, 2.45) is 11.7 Å². The first-order valence-corrected chi connectivity index (χ1v) is 7.06. The van der Waals surface area contributed by atoms with Gasteiger partial charge in [0.05, 0.1) is 16.2 Å². The molecule has 1 saturated heterocycles.